The van der Waals surface area contributed by atoms with Crippen molar-refractivity contribution in [2.45, 2.75) is 6.54 Å². The van der Waals surface area contributed by atoms with Gasteiger partial charge in [-0.15, -0.1) is 0 Å². The maximum atomic E-state index is 8.50. The summed E-state index contributed by atoms with van der Waals surface area (Å²) in [5, 5.41) is 15.9. The van der Waals surface area contributed by atoms with Crippen LogP contribution in [0.1, 0.15) is 22.3 Å². The molecule has 0 bridgehead atoms. The zero-order chi connectivity index (χ0) is 22.8. The van der Waals surface area contributed by atoms with Crippen molar-refractivity contribution in [3.63, 3.8) is 0 Å². The van der Waals surface area contributed by atoms with E-state index in [2.05, 4.69) is 29.3 Å². The molecule has 3 rings (SSSR count). The van der Waals surface area contributed by atoms with Crippen LogP contribution in [0.3, 0.4) is 0 Å². The van der Waals surface area contributed by atoms with Crippen LogP contribution in [0.25, 0.3) is 11.6 Å². The third-order valence-corrected chi connectivity index (χ3v) is 4.94. The number of hydrogen-bond donors (Lipinski definition) is 5. The lowest BCUT2D eigenvalue weighted by Crippen LogP contribution is -2.35. The second kappa shape index (κ2) is 11.8. The van der Waals surface area contributed by atoms with Gasteiger partial charge in [-0.3, -0.25) is 10.3 Å². The minimum atomic E-state index is 0.153. The average molecular weight is 421 g/mol. The molecule has 1 aliphatic heterocycles. The predicted molar refractivity (Wildman–Crippen MR) is 130 cm³/mol. The molecule has 0 amide bonds. The maximum absolute atomic E-state index is 8.50. The molecular weight excluding hydrogens is 388 g/mol. The van der Waals surface area contributed by atoms with Gasteiger partial charge >= 0.3 is 0 Å². The van der Waals surface area contributed by atoms with Crippen molar-refractivity contribution in [2.75, 3.05) is 39.1 Å². The number of ether oxygens (including phenoxy) is 1. The SMILES string of the molecule is C=C(C=N)c1ccc(N)c(C(=N)/C(N)=C/c2cccc(CN3CCOCC3)c2)c1.CN. The maximum Gasteiger partial charge on any atom is 0.0862 e. The molecule has 8 N–H and O–H groups in total. The van der Waals surface area contributed by atoms with Crippen LogP contribution in [-0.2, 0) is 11.3 Å². The number of benzene rings is 2. The molecule has 0 unspecified atom stereocenters. The summed E-state index contributed by atoms with van der Waals surface area (Å²) in [6.07, 6.45) is 2.97. The second-order valence-electron chi connectivity index (χ2n) is 7.08. The summed E-state index contributed by atoms with van der Waals surface area (Å²) in [7, 11) is 1.50. The van der Waals surface area contributed by atoms with Crippen LogP contribution in [0.4, 0.5) is 5.69 Å². The van der Waals surface area contributed by atoms with Crippen molar-refractivity contribution < 1.29 is 4.74 Å². The van der Waals surface area contributed by atoms with Crippen LogP contribution in [0.15, 0.2) is 54.7 Å². The van der Waals surface area contributed by atoms with E-state index in [-0.39, 0.29) is 5.71 Å². The van der Waals surface area contributed by atoms with E-state index in [1.54, 1.807) is 24.3 Å². The topological polar surface area (TPSA) is 138 Å². The Morgan fingerprint density at radius 3 is 2.55 bits per heavy atom. The Morgan fingerprint density at radius 1 is 1.16 bits per heavy atom. The van der Waals surface area contributed by atoms with E-state index in [1.165, 1.54) is 18.8 Å². The zero-order valence-electron chi connectivity index (χ0n) is 18.0. The Hall–Kier alpha value is -3.26. The molecule has 1 saturated heterocycles. The molecule has 0 radical (unpaired) electrons. The molecule has 0 aliphatic carbocycles. The van der Waals surface area contributed by atoms with Crippen LogP contribution in [0.5, 0.6) is 0 Å². The first-order valence-electron chi connectivity index (χ1n) is 10.1. The second-order valence-corrected chi connectivity index (χ2v) is 7.08. The fraction of sp³-hybridized carbons (Fsp3) is 0.250. The van der Waals surface area contributed by atoms with E-state index in [0.717, 1.165) is 44.0 Å². The summed E-state index contributed by atoms with van der Waals surface area (Å²) in [5.41, 5.74) is 21.7. The third-order valence-electron chi connectivity index (χ3n) is 4.94. The molecule has 7 heteroatoms. The van der Waals surface area contributed by atoms with Gasteiger partial charge in [0.2, 0.25) is 0 Å². The fourth-order valence-corrected chi connectivity index (χ4v) is 3.26. The van der Waals surface area contributed by atoms with Gasteiger partial charge in [-0.25, -0.2) is 0 Å². The number of morpholine rings is 1. The summed E-state index contributed by atoms with van der Waals surface area (Å²) in [6, 6.07) is 13.4. The molecule has 1 aliphatic rings. The highest BCUT2D eigenvalue weighted by Gasteiger charge is 2.12. The van der Waals surface area contributed by atoms with E-state index in [4.69, 9.17) is 27.0 Å². The smallest absolute Gasteiger partial charge is 0.0862 e. The van der Waals surface area contributed by atoms with Crippen LogP contribution in [-0.4, -0.2) is 50.2 Å². The fourth-order valence-electron chi connectivity index (χ4n) is 3.26. The summed E-state index contributed by atoms with van der Waals surface area (Å²) in [5.74, 6) is 0. The Kier molecular flexibility index (Phi) is 9.14. The minimum absolute atomic E-state index is 0.153. The first kappa shape index (κ1) is 24.0. The Bertz CT molecular complexity index is 960. The van der Waals surface area contributed by atoms with Gasteiger partial charge in [-0.2, -0.15) is 0 Å². The molecular formula is C24H32N6O. The van der Waals surface area contributed by atoms with Crippen molar-refractivity contribution in [1.29, 1.82) is 10.8 Å². The molecule has 1 fully saturated rings. The first-order chi connectivity index (χ1) is 15.0. The minimum Gasteiger partial charge on any atom is -0.398 e. The van der Waals surface area contributed by atoms with Gasteiger partial charge in [0, 0.05) is 37.1 Å². The van der Waals surface area contributed by atoms with Gasteiger partial charge < -0.3 is 27.3 Å². The van der Waals surface area contributed by atoms with E-state index < -0.39 is 0 Å². The van der Waals surface area contributed by atoms with Gasteiger partial charge in [0.05, 0.1) is 24.6 Å². The van der Waals surface area contributed by atoms with Crippen LogP contribution in [0, 0.1) is 10.8 Å². The molecule has 0 spiro atoms. The zero-order valence-corrected chi connectivity index (χ0v) is 18.0. The summed E-state index contributed by atoms with van der Waals surface area (Å²) in [6.45, 7) is 8.11. The van der Waals surface area contributed by atoms with Gasteiger partial charge in [0.1, 0.15) is 0 Å². The van der Waals surface area contributed by atoms with Crippen molar-refractivity contribution in [1.82, 2.24) is 4.90 Å². The molecule has 1 heterocycles. The normalized spacial score (nSPS) is 14.3. The number of allylic oxidation sites excluding steroid dienone is 2. The number of nitrogens with one attached hydrogen (secondary N) is 2. The average Bonchev–Trinajstić information content (AvgIpc) is 2.80. The van der Waals surface area contributed by atoms with E-state index in [1.807, 2.05) is 12.1 Å². The number of hydrogen-bond acceptors (Lipinski definition) is 7. The highest BCUT2D eigenvalue weighted by Crippen LogP contribution is 2.21. The van der Waals surface area contributed by atoms with E-state index >= 15 is 0 Å². The number of anilines is 1. The first-order valence-corrected chi connectivity index (χ1v) is 10.1. The molecule has 164 valence electrons. The van der Waals surface area contributed by atoms with Gasteiger partial charge in [0.15, 0.2) is 0 Å². The standard InChI is InChI=1S/C23H27N5O.CH5N/c1-16(14-24)19-5-6-21(25)20(13-19)23(27)22(26)12-17-3-2-4-18(11-17)15-28-7-9-29-10-8-28;1-2/h2-6,11-14,24,27H,1,7-10,15,25-26H2;2H2,1H3/b22-12-,24-14?,27-23?;. The van der Waals surface area contributed by atoms with Crippen molar-refractivity contribution in [2.24, 2.45) is 11.5 Å². The molecule has 0 saturated carbocycles. The van der Waals surface area contributed by atoms with Crippen molar-refractivity contribution >= 4 is 29.3 Å². The largest absolute Gasteiger partial charge is 0.398 e. The summed E-state index contributed by atoms with van der Waals surface area (Å²) in [4.78, 5) is 2.36. The van der Waals surface area contributed by atoms with Gasteiger partial charge in [0.25, 0.3) is 0 Å². The molecule has 0 atom stereocenters. The number of nitrogens with two attached hydrogens (primary N) is 3. The summed E-state index contributed by atoms with van der Waals surface area (Å²) >= 11 is 0. The third kappa shape index (κ3) is 6.62. The van der Waals surface area contributed by atoms with Crippen molar-refractivity contribution in [3.8, 4) is 0 Å². The molecule has 2 aromatic carbocycles. The van der Waals surface area contributed by atoms with Gasteiger partial charge in [-0.1, -0.05) is 36.9 Å². The monoisotopic (exact) mass is 420 g/mol. The lowest BCUT2D eigenvalue weighted by Gasteiger charge is -2.26. The van der Waals surface area contributed by atoms with Crippen LogP contribution >= 0.6 is 0 Å². The van der Waals surface area contributed by atoms with Crippen LogP contribution in [0.2, 0.25) is 0 Å². The number of nitrogens with zero attached hydrogens (tertiary/aromatic N) is 1. The number of nitrogen functional groups attached to an aromatic ring is 1. The van der Waals surface area contributed by atoms with Gasteiger partial charge in [-0.05, 0) is 47.5 Å². The Labute approximate surface area is 184 Å². The van der Waals surface area contributed by atoms with E-state index in [9.17, 15) is 0 Å². The molecule has 2 aromatic rings. The number of rotatable bonds is 7. The predicted octanol–water partition coefficient (Wildman–Crippen LogP) is 2.71. The van der Waals surface area contributed by atoms with Crippen molar-refractivity contribution in [3.05, 3.63) is 77.0 Å². The summed E-state index contributed by atoms with van der Waals surface area (Å²) < 4.78 is 5.40. The molecule has 0 aromatic heterocycles. The highest BCUT2D eigenvalue weighted by atomic mass is 16.5. The quantitative estimate of drug-likeness (QED) is 0.346. The lowest BCUT2D eigenvalue weighted by atomic mass is 9.98. The molecule has 7 nitrogen and oxygen atoms in total. The lowest BCUT2D eigenvalue weighted by molar-refractivity contribution is 0.0342. The van der Waals surface area contributed by atoms with E-state index in [0.29, 0.717) is 22.5 Å². The Morgan fingerprint density at radius 2 is 1.87 bits per heavy atom. The van der Waals surface area contributed by atoms with Crippen LogP contribution < -0.4 is 17.2 Å². The molecule has 31 heavy (non-hydrogen) atoms. The Balaban J connectivity index is 0.00000166. The highest BCUT2D eigenvalue weighted by molar-refractivity contribution is 6.16.